The summed E-state index contributed by atoms with van der Waals surface area (Å²) in [5.74, 6) is 0.876. The normalized spacial score (nSPS) is 20.0. The van der Waals surface area contributed by atoms with E-state index in [-0.39, 0.29) is 12.2 Å². The molecule has 0 unspecified atom stereocenters. The van der Waals surface area contributed by atoms with E-state index < -0.39 is 0 Å². The Balaban J connectivity index is 1.64. The van der Waals surface area contributed by atoms with Crippen LogP contribution in [0.1, 0.15) is 23.3 Å². The van der Waals surface area contributed by atoms with Crippen LogP contribution in [0, 0.1) is 0 Å². The number of morpholine rings is 1. The number of nitrogens with zero attached hydrogens (tertiary/aromatic N) is 1. The zero-order valence-electron chi connectivity index (χ0n) is 14.9. The SMILES string of the molecule is COc1ccc(N2C[C@@H](c3ccccc3)O[C@@H](c3ccccc3)C2)cc1. The molecular weight excluding hydrogens is 322 g/mol. The van der Waals surface area contributed by atoms with Crippen LogP contribution in [0.2, 0.25) is 0 Å². The first kappa shape index (κ1) is 16.7. The molecule has 1 fully saturated rings. The number of rotatable bonds is 4. The van der Waals surface area contributed by atoms with Crippen LogP contribution in [0.15, 0.2) is 84.9 Å². The van der Waals surface area contributed by atoms with Gasteiger partial charge in [-0.05, 0) is 35.4 Å². The van der Waals surface area contributed by atoms with Crippen molar-refractivity contribution in [1.82, 2.24) is 0 Å². The zero-order valence-corrected chi connectivity index (χ0v) is 14.9. The summed E-state index contributed by atoms with van der Waals surface area (Å²) in [5, 5.41) is 0. The molecule has 0 radical (unpaired) electrons. The lowest BCUT2D eigenvalue weighted by Gasteiger charge is -2.40. The molecule has 0 bridgehead atoms. The highest BCUT2D eigenvalue weighted by Crippen LogP contribution is 2.35. The van der Waals surface area contributed by atoms with Crippen molar-refractivity contribution in [3.05, 3.63) is 96.1 Å². The molecule has 3 nitrogen and oxygen atoms in total. The summed E-state index contributed by atoms with van der Waals surface area (Å²) < 4.78 is 11.8. The minimum atomic E-state index is 0.0391. The van der Waals surface area contributed by atoms with Gasteiger partial charge in [0, 0.05) is 18.8 Å². The molecule has 1 heterocycles. The molecule has 0 N–H and O–H groups in total. The third-order valence-electron chi connectivity index (χ3n) is 4.88. The van der Waals surface area contributed by atoms with Crippen molar-refractivity contribution in [3.63, 3.8) is 0 Å². The number of hydrogen-bond acceptors (Lipinski definition) is 3. The van der Waals surface area contributed by atoms with Crippen molar-refractivity contribution < 1.29 is 9.47 Å². The van der Waals surface area contributed by atoms with Crippen LogP contribution in [0.5, 0.6) is 5.75 Å². The molecule has 0 saturated carbocycles. The Bertz CT molecular complexity index is 770. The summed E-state index contributed by atoms with van der Waals surface area (Å²) >= 11 is 0. The van der Waals surface area contributed by atoms with Crippen LogP contribution in [0.4, 0.5) is 5.69 Å². The Kier molecular flexibility index (Phi) is 4.89. The number of benzene rings is 3. The molecule has 0 aromatic heterocycles. The molecule has 26 heavy (non-hydrogen) atoms. The van der Waals surface area contributed by atoms with Gasteiger partial charge in [0.1, 0.15) is 18.0 Å². The fourth-order valence-electron chi connectivity index (χ4n) is 3.47. The maximum Gasteiger partial charge on any atom is 0.119 e. The average Bonchev–Trinajstić information content (AvgIpc) is 2.75. The quantitative estimate of drug-likeness (QED) is 0.663. The second kappa shape index (κ2) is 7.63. The summed E-state index contributed by atoms with van der Waals surface area (Å²) in [7, 11) is 1.70. The Morgan fingerprint density at radius 1 is 0.731 bits per heavy atom. The van der Waals surface area contributed by atoms with E-state index >= 15 is 0 Å². The molecule has 1 aliphatic heterocycles. The molecule has 1 saturated heterocycles. The minimum Gasteiger partial charge on any atom is -0.497 e. The van der Waals surface area contributed by atoms with Gasteiger partial charge in [0.05, 0.1) is 7.11 Å². The number of anilines is 1. The molecule has 0 spiro atoms. The van der Waals surface area contributed by atoms with Crippen LogP contribution in [-0.4, -0.2) is 20.2 Å². The second-order valence-electron chi connectivity index (χ2n) is 6.54. The molecular formula is C23H23NO2. The highest BCUT2D eigenvalue weighted by atomic mass is 16.5. The van der Waals surface area contributed by atoms with Gasteiger partial charge >= 0.3 is 0 Å². The van der Waals surface area contributed by atoms with Crippen LogP contribution < -0.4 is 9.64 Å². The molecule has 3 aromatic rings. The molecule has 0 amide bonds. The molecule has 4 rings (SSSR count). The third kappa shape index (κ3) is 3.58. The Labute approximate surface area is 154 Å². The van der Waals surface area contributed by atoms with Gasteiger partial charge in [-0.3, -0.25) is 0 Å². The molecule has 3 heteroatoms. The Morgan fingerprint density at radius 2 is 1.23 bits per heavy atom. The smallest absolute Gasteiger partial charge is 0.119 e. The summed E-state index contributed by atoms with van der Waals surface area (Å²) in [5.41, 5.74) is 3.62. The summed E-state index contributed by atoms with van der Waals surface area (Å²) in [6, 6.07) is 29.2. The summed E-state index contributed by atoms with van der Waals surface area (Å²) in [4.78, 5) is 2.40. The first-order chi connectivity index (χ1) is 12.8. The Morgan fingerprint density at radius 3 is 1.69 bits per heavy atom. The van der Waals surface area contributed by atoms with E-state index in [1.54, 1.807) is 7.11 Å². The highest BCUT2D eigenvalue weighted by Gasteiger charge is 2.30. The topological polar surface area (TPSA) is 21.7 Å². The number of methoxy groups -OCH3 is 1. The molecule has 1 aliphatic rings. The average molecular weight is 345 g/mol. The van der Waals surface area contributed by atoms with E-state index in [1.165, 1.54) is 16.8 Å². The predicted octanol–water partition coefficient (Wildman–Crippen LogP) is 5.01. The first-order valence-corrected chi connectivity index (χ1v) is 8.98. The van der Waals surface area contributed by atoms with Crippen LogP contribution in [0.25, 0.3) is 0 Å². The van der Waals surface area contributed by atoms with Gasteiger partial charge in [0.25, 0.3) is 0 Å². The lowest BCUT2D eigenvalue weighted by Crippen LogP contribution is -2.40. The monoisotopic (exact) mass is 345 g/mol. The van der Waals surface area contributed by atoms with E-state index in [1.807, 2.05) is 24.3 Å². The number of ether oxygens (including phenoxy) is 2. The maximum atomic E-state index is 6.49. The Hall–Kier alpha value is -2.78. The fraction of sp³-hybridized carbons (Fsp3) is 0.217. The zero-order chi connectivity index (χ0) is 17.8. The van der Waals surface area contributed by atoms with E-state index in [0.29, 0.717) is 0 Å². The molecule has 3 aromatic carbocycles. The van der Waals surface area contributed by atoms with Crippen molar-refractivity contribution in [2.45, 2.75) is 12.2 Å². The largest absolute Gasteiger partial charge is 0.497 e. The van der Waals surface area contributed by atoms with Gasteiger partial charge in [-0.1, -0.05) is 60.7 Å². The van der Waals surface area contributed by atoms with Gasteiger partial charge in [-0.15, -0.1) is 0 Å². The van der Waals surface area contributed by atoms with Crippen molar-refractivity contribution >= 4 is 5.69 Å². The van der Waals surface area contributed by atoms with Crippen molar-refractivity contribution in [2.24, 2.45) is 0 Å². The van der Waals surface area contributed by atoms with Gasteiger partial charge in [-0.25, -0.2) is 0 Å². The molecule has 0 aliphatic carbocycles. The van der Waals surface area contributed by atoms with Crippen LogP contribution >= 0.6 is 0 Å². The van der Waals surface area contributed by atoms with E-state index in [9.17, 15) is 0 Å². The lowest BCUT2D eigenvalue weighted by atomic mass is 10.0. The molecule has 2 atom stereocenters. The van der Waals surface area contributed by atoms with Gasteiger partial charge < -0.3 is 14.4 Å². The fourth-order valence-corrected chi connectivity index (χ4v) is 3.47. The van der Waals surface area contributed by atoms with Gasteiger partial charge in [0.15, 0.2) is 0 Å². The van der Waals surface area contributed by atoms with E-state index in [0.717, 1.165) is 18.8 Å². The second-order valence-corrected chi connectivity index (χ2v) is 6.54. The van der Waals surface area contributed by atoms with Crippen molar-refractivity contribution in [2.75, 3.05) is 25.1 Å². The van der Waals surface area contributed by atoms with Crippen LogP contribution in [0.3, 0.4) is 0 Å². The van der Waals surface area contributed by atoms with E-state index in [2.05, 4.69) is 65.6 Å². The highest BCUT2D eigenvalue weighted by molar-refractivity contribution is 5.50. The minimum absolute atomic E-state index is 0.0391. The van der Waals surface area contributed by atoms with E-state index in [4.69, 9.17) is 9.47 Å². The van der Waals surface area contributed by atoms with Crippen molar-refractivity contribution in [1.29, 1.82) is 0 Å². The summed E-state index contributed by atoms with van der Waals surface area (Å²) in [6.07, 6.45) is 0.0783. The summed E-state index contributed by atoms with van der Waals surface area (Å²) in [6.45, 7) is 1.67. The number of hydrogen-bond donors (Lipinski definition) is 0. The van der Waals surface area contributed by atoms with Crippen molar-refractivity contribution in [3.8, 4) is 5.75 Å². The first-order valence-electron chi connectivity index (χ1n) is 8.98. The maximum absolute atomic E-state index is 6.49. The molecule has 132 valence electrons. The van der Waals surface area contributed by atoms with Gasteiger partial charge in [-0.2, -0.15) is 0 Å². The van der Waals surface area contributed by atoms with Gasteiger partial charge in [0.2, 0.25) is 0 Å². The standard InChI is InChI=1S/C23H23NO2/c1-25-21-14-12-20(13-15-21)24-16-22(18-8-4-2-5-9-18)26-23(17-24)19-10-6-3-7-11-19/h2-15,22-23H,16-17H2,1H3/t22-,23+. The third-order valence-corrected chi connectivity index (χ3v) is 4.88. The van der Waals surface area contributed by atoms with Crippen LogP contribution in [-0.2, 0) is 4.74 Å². The lowest BCUT2D eigenvalue weighted by molar-refractivity contribution is -0.0293. The predicted molar refractivity (Wildman–Crippen MR) is 105 cm³/mol.